The molecule has 1 aromatic heterocycles. The summed E-state index contributed by atoms with van der Waals surface area (Å²) in [6.45, 7) is 3.96. The van der Waals surface area contributed by atoms with Crippen LogP contribution in [0.3, 0.4) is 0 Å². The van der Waals surface area contributed by atoms with Gasteiger partial charge in [0.05, 0.1) is 0 Å². The average Bonchev–Trinajstić information content (AvgIpc) is 2.77. The van der Waals surface area contributed by atoms with Gasteiger partial charge in [-0.3, -0.25) is 9.59 Å². The van der Waals surface area contributed by atoms with Crippen molar-refractivity contribution in [2.75, 3.05) is 18.9 Å². The van der Waals surface area contributed by atoms with Crippen molar-refractivity contribution in [3.63, 3.8) is 0 Å². The van der Waals surface area contributed by atoms with Crippen molar-refractivity contribution >= 4 is 28.3 Å². The predicted octanol–water partition coefficient (Wildman–Crippen LogP) is -0.166. The highest BCUT2D eigenvalue weighted by atomic mass is 32.1. The molecular formula is C9H15N5O2S. The molecule has 3 N–H and O–H groups in total. The lowest BCUT2D eigenvalue weighted by Crippen LogP contribution is -2.44. The molecule has 1 atom stereocenters. The summed E-state index contributed by atoms with van der Waals surface area (Å²) in [6.07, 6.45) is 0. The molecule has 0 bridgehead atoms. The Balaban J connectivity index is 2.56. The zero-order valence-corrected chi connectivity index (χ0v) is 10.7. The molecule has 0 fully saturated rings. The molecule has 0 aliphatic rings. The van der Waals surface area contributed by atoms with E-state index in [1.165, 1.54) is 0 Å². The van der Waals surface area contributed by atoms with Gasteiger partial charge in [0.15, 0.2) is 0 Å². The summed E-state index contributed by atoms with van der Waals surface area (Å²) in [5, 5.41) is 16.2. The van der Waals surface area contributed by atoms with Crippen molar-refractivity contribution in [2.24, 2.45) is 0 Å². The van der Waals surface area contributed by atoms with E-state index < -0.39 is 11.9 Å². The van der Waals surface area contributed by atoms with Crippen molar-refractivity contribution in [3.8, 4) is 0 Å². The van der Waals surface area contributed by atoms with E-state index in [4.69, 9.17) is 0 Å². The number of hydrogen-bond donors (Lipinski definition) is 3. The smallest absolute Gasteiger partial charge is 0.282 e. The first kappa shape index (κ1) is 13.4. The Bertz CT molecular complexity index is 406. The number of aromatic nitrogens is 2. The van der Waals surface area contributed by atoms with Gasteiger partial charge < -0.3 is 16.0 Å². The van der Waals surface area contributed by atoms with Gasteiger partial charge in [0.1, 0.15) is 6.04 Å². The van der Waals surface area contributed by atoms with Gasteiger partial charge in [-0.15, -0.1) is 10.2 Å². The van der Waals surface area contributed by atoms with Gasteiger partial charge in [-0.1, -0.05) is 11.3 Å². The van der Waals surface area contributed by atoms with Crippen LogP contribution in [0.25, 0.3) is 0 Å². The van der Waals surface area contributed by atoms with Gasteiger partial charge in [0, 0.05) is 13.6 Å². The molecule has 1 unspecified atom stereocenters. The molecule has 1 aromatic rings. The lowest BCUT2D eigenvalue weighted by Gasteiger charge is -2.11. The minimum atomic E-state index is -0.593. The van der Waals surface area contributed by atoms with Crippen LogP contribution in [0.1, 0.15) is 23.6 Å². The standard InChI is InChI=1S/C9H15N5O2S/c1-4-11-6(15)5(2)12-7(16)8-13-14-9(10-3)17-8/h5H,4H2,1-3H3,(H,10,14)(H,11,15)(H,12,16). The number of amides is 2. The zero-order chi connectivity index (χ0) is 12.8. The third-order valence-corrected chi connectivity index (χ3v) is 2.86. The molecule has 0 saturated carbocycles. The maximum Gasteiger partial charge on any atom is 0.282 e. The number of likely N-dealkylation sites (N-methyl/N-ethyl adjacent to an activating group) is 1. The van der Waals surface area contributed by atoms with E-state index in [0.29, 0.717) is 11.7 Å². The summed E-state index contributed by atoms with van der Waals surface area (Å²) in [7, 11) is 1.69. The molecule has 1 rings (SSSR count). The fourth-order valence-corrected chi connectivity index (χ4v) is 1.67. The summed E-state index contributed by atoms with van der Waals surface area (Å²) >= 11 is 1.13. The third-order valence-electron chi connectivity index (χ3n) is 1.92. The quantitative estimate of drug-likeness (QED) is 0.681. The fourth-order valence-electron chi connectivity index (χ4n) is 1.07. The number of hydrogen-bond acceptors (Lipinski definition) is 6. The molecule has 0 aliphatic heterocycles. The second-order valence-corrected chi connectivity index (χ2v) is 4.23. The van der Waals surface area contributed by atoms with Crippen molar-refractivity contribution in [3.05, 3.63) is 5.01 Å². The van der Waals surface area contributed by atoms with E-state index in [-0.39, 0.29) is 10.9 Å². The van der Waals surface area contributed by atoms with Gasteiger partial charge in [-0.05, 0) is 13.8 Å². The van der Waals surface area contributed by atoms with Gasteiger partial charge in [-0.25, -0.2) is 0 Å². The lowest BCUT2D eigenvalue weighted by molar-refractivity contribution is -0.122. The van der Waals surface area contributed by atoms with Crippen LogP contribution < -0.4 is 16.0 Å². The second-order valence-electron chi connectivity index (χ2n) is 3.25. The highest BCUT2D eigenvalue weighted by Crippen LogP contribution is 2.13. The molecule has 0 aliphatic carbocycles. The van der Waals surface area contributed by atoms with E-state index >= 15 is 0 Å². The van der Waals surface area contributed by atoms with E-state index in [1.54, 1.807) is 14.0 Å². The highest BCUT2D eigenvalue weighted by Gasteiger charge is 2.18. The number of rotatable bonds is 5. The largest absolute Gasteiger partial charge is 0.363 e. The first-order chi connectivity index (χ1) is 8.08. The molecule has 1 heterocycles. The molecule has 0 spiro atoms. The minimum Gasteiger partial charge on any atom is -0.363 e. The number of carbonyl (C=O) groups excluding carboxylic acids is 2. The van der Waals surface area contributed by atoms with Crippen LogP contribution >= 0.6 is 11.3 Å². The maximum absolute atomic E-state index is 11.7. The molecule has 7 nitrogen and oxygen atoms in total. The predicted molar refractivity (Wildman–Crippen MR) is 65.1 cm³/mol. The van der Waals surface area contributed by atoms with Crippen molar-refractivity contribution < 1.29 is 9.59 Å². The lowest BCUT2D eigenvalue weighted by atomic mass is 10.3. The van der Waals surface area contributed by atoms with Crippen LogP contribution in [-0.4, -0.2) is 41.6 Å². The minimum absolute atomic E-state index is 0.223. The van der Waals surface area contributed by atoms with E-state index in [2.05, 4.69) is 26.1 Å². The second kappa shape index (κ2) is 6.14. The zero-order valence-electron chi connectivity index (χ0n) is 9.90. The number of nitrogens with one attached hydrogen (secondary N) is 3. The van der Waals surface area contributed by atoms with Gasteiger partial charge in [0.25, 0.3) is 5.91 Å². The number of carbonyl (C=O) groups is 2. The molecule has 8 heteroatoms. The SMILES string of the molecule is CCNC(=O)C(C)NC(=O)c1nnc(NC)s1. The van der Waals surface area contributed by atoms with Crippen molar-refractivity contribution in [1.82, 2.24) is 20.8 Å². The molecule has 94 valence electrons. The van der Waals surface area contributed by atoms with Gasteiger partial charge in [0.2, 0.25) is 16.0 Å². The molecule has 0 saturated heterocycles. The topological polar surface area (TPSA) is 96.0 Å². The van der Waals surface area contributed by atoms with Crippen LogP contribution in [0.2, 0.25) is 0 Å². The Morgan fingerprint density at radius 2 is 2.12 bits per heavy atom. The van der Waals surface area contributed by atoms with Crippen LogP contribution in [0.5, 0.6) is 0 Å². The summed E-state index contributed by atoms with van der Waals surface area (Å²) in [6, 6.07) is -0.593. The van der Waals surface area contributed by atoms with Crippen LogP contribution in [0, 0.1) is 0 Å². The molecule has 0 aromatic carbocycles. The molecular weight excluding hydrogens is 242 g/mol. The Labute approximate surface area is 103 Å². The third kappa shape index (κ3) is 3.66. The molecule has 17 heavy (non-hydrogen) atoms. The first-order valence-electron chi connectivity index (χ1n) is 5.18. The summed E-state index contributed by atoms with van der Waals surface area (Å²) in [5.74, 6) is -0.623. The summed E-state index contributed by atoms with van der Waals surface area (Å²) < 4.78 is 0. The average molecular weight is 257 g/mol. The van der Waals surface area contributed by atoms with Crippen molar-refractivity contribution in [1.29, 1.82) is 0 Å². The van der Waals surface area contributed by atoms with Crippen molar-refractivity contribution in [2.45, 2.75) is 19.9 Å². The maximum atomic E-state index is 11.7. The van der Waals surface area contributed by atoms with E-state index in [1.807, 2.05) is 6.92 Å². The Morgan fingerprint density at radius 3 is 2.65 bits per heavy atom. The number of nitrogens with zero attached hydrogens (tertiary/aromatic N) is 2. The van der Waals surface area contributed by atoms with Crippen LogP contribution in [0.15, 0.2) is 0 Å². The Hall–Kier alpha value is -1.70. The fraction of sp³-hybridized carbons (Fsp3) is 0.556. The van der Waals surface area contributed by atoms with E-state index in [9.17, 15) is 9.59 Å². The van der Waals surface area contributed by atoms with Crippen LogP contribution in [0.4, 0.5) is 5.13 Å². The molecule has 0 radical (unpaired) electrons. The number of anilines is 1. The summed E-state index contributed by atoms with van der Waals surface area (Å²) in [5.41, 5.74) is 0. The van der Waals surface area contributed by atoms with E-state index in [0.717, 1.165) is 11.3 Å². The van der Waals surface area contributed by atoms with Crippen LogP contribution in [-0.2, 0) is 4.79 Å². The first-order valence-corrected chi connectivity index (χ1v) is 6.00. The summed E-state index contributed by atoms with van der Waals surface area (Å²) in [4.78, 5) is 23.1. The highest BCUT2D eigenvalue weighted by molar-refractivity contribution is 7.17. The van der Waals surface area contributed by atoms with Gasteiger partial charge >= 0.3 is 0 Å². The normalized spacial score (nSPS) is 11.7. The monoisotopic (exact) mass is 257 g/mol. The Kier molecular flexibility index (Phi) is 4.83. The van der Waals surface area contributed by atoms with Gasteiger partial charge in [-0.2, -0.15) is 0 Å². The Morgan fingerprint density at radius 1 is 1.41 bits per heavy atom. The molecule has 2 amide bonds.